The third-order valence-corrected chi connectivity index (χ3v) is 3.03. The van der Waals surface area contributed by atoms with Crippen LogP contribution in [0.1, 0.15) is 27.2 Å². The SMILES string of the molecule is CNC(=O)OCC(COC(=O)NC(C)(C)C)CC(=O)On1c(O)ccc1O. The molecule has 11 nitrogen and oxygen atoms in total. The van der Waals surface area contributed by atoms with E-state index in [1.807, 2.05) is 0 Å². The first-order chi connectivity index (χ1) is 12.5. The number of ether oxygens (including phenoxy) is 2. The van der Waals surface area contributed by atoms with Crippen molar-refractivity contribution in [2.45, 2.75) is 32.7 Å². The fraction of sp³-hybridized carbons (Fsp3) is 0.562. The minimum atomic E-state index is -0.845. The van der Waals surface area contributed by atoms with Gasteiger partial charge in [0.25, 0.3) is 0 Å². The number of hydrogen-bond donors (Lipinski definition) is 4. The van der Waals surface area contributed by atoms with Gasteiger partial charge < -0.3 is 35.2 Å². The largest absolute Gasteiger partial charge is 0.492 e. The van der Waals surface area contributed by atoms with Crippen LogP contribution in [0.5, 0.6) is 11.8 Å². The van der Waals surface area contributed by atoms with Crippen LogP contribution in [0.3, 0.4) is 0 Å². The van der Waals surface area contributed by atoms with Crippen molar-refractivity contribution in [2.75, 3.05) is 20.3 Å². The topological polar surface area (TPSA) is 148 Å². The van der Waals surface area contributed by atoms with E-state index in [1.165, 1.54) is 7.05 Å². The van der Waals surface area contributed by atoms with E-state index in [4.69, 9.17) is 14.3 Å². The molecule has 1 aromatic heterocycles. The van der Waals surface area contributed by atoms with Gasteiger partial charge in [0, 0.05) is 30.6 Å². The molecule has 0 bridgehead atoms. The Balaban J connectivity index is 2.65. The van der Waals surface area contributed by atoms with Crippen LogP contribution < -0.4 is 15.5 Å². The maximum atomic E-state index is 12.0. The number of carbonyl (C=O) groups is 3. The van der Waals surface area contributed by atoms with Gasteiger partial charge in [-0.1, -0.05) is 0 Å². The van der Waals surface area contributed by atoms with E-state index >= 15 is 0 Å². The molecule has 0 aromatic carbocycles. The molecule has 1 unspecified atom stereocenters. The minimum Gasteiger partial charge on any atom is -0.492 e. The Bertz CT molecular complexity index is 646. The van der Waals surface area contributed by atoms with Gasteiger partial charge in [-0.15, -0.1) is 4.73 Å². The lowest BCUT2D eigenvalue weighted by molar-refractivity contribution is -0.147. The number of hydrogen-bond acceptors (Lipinski definition) is 8. The molecule has 0 saturated heterocycles. The number of amides is 2. The van der Waals surface area contributed by atoms with E-state index in [-0.39, 0.29) is 19.6 Å². The van der Waals surface area contributed by atoms with E-state index in [9.17, 15) is 24.6 Å². The van der Waals surface area contributed by atoms with Crippen LogP contribution in [-0.2, 0) is 14.3 Å². The third-order valence-electron chi connectivity index (χ3n) is 3.03. The second-order valence-electron chi connectivity index (χ2n) is 6.70. The van der Waals surface area contributed by atoms with E-state index in [1.54, 1.807) is 20.8 Å². The molecule has 4 N–H and O–H groups in total. The van der Waals surface area contributed by atoms with Gasteiger partial charge in [-0.3, -0.25) is 0 Å². The van der Waals surface area contributed by atoms with Crippen LogP contribution in [-0.4, -0.2) is 58.9 Å². The monoisotopic (exact) mass is 387 g/mol. The standard InChI is InChI=1S/C16H25N3O8/c1-16(2,3)18-15(24)26-9-10(8-25-14(23)17-4)7-13(22)27-19-11(20)5-6-12(19)21/h5-6,10,20-21H,7-9H2,1-4H3,(H,17,23)(H,18,24). The molecule has 1 atom stereocenters. The maximum absolute atomic E-state index is 12.0. The van der Waals surface area contributed by atoms with Gasteiger partial charge in [0.05, 0.1) is 19.6 Å². The summed E-state index contributed by atoms with van der Waals surface area (Å²) in [7, 11) is 1.37. The Morgan fingerprint density at radius 3 is 2.07 bits per heavy atom. The molecule has 0 aliphatic rings. The van der Waals surface area contributed by atoms with Gasteiger partial charge in [-0.2, -0.15) is 0 Å². The van der Waals surface area contributed by atoms with Crippen LogP contribution >= 0.6 is 0 Å². The molecule has 0 radical (unpaired) electrons. The van der Waals surface area contributed by atoms with Gasteiger partial charge in [-0.25, -0.2) is 14.4 Å². The van der Waals surface area contributed by atoms with Crippen molar-refractivity contribution >= 4 is 18.2 Å². The molecule has 0 aliphatic heterocycles. The number of alkyl carbamates (subject to hydrolysis) is 2. The predicted octanol–water partition coefficient (Wildman–Crippen LogP) is 0.741. The lowest BCUT2D eigenvalue weighted by Crippen LogP contribution is -2.41. The average molecular weight is 387 g/mol. The number of nitrogens with zero attached hydrogens (tertiary/aromatic N) is 1. The third kappa shape index (κ3) is 8.21. The van der Waals surface area contributed by atoms with Crippen LogP contribution in [0.15, 0.2) is 12.1 Å². The first-order valence-electron chi connectivity index (χ1n) is 8.12. The molecule has 1 aromatic rings. The molecule has 27 heavy (non-hydrogen) atoms. The van der Waals surface area contributed by atoms with E-state index in [0.717, 1.165) is 12.1 Å². The minimum absolute atomic E-state index is 0.221. The highest BCUT2D eigenvalue weighted by molar-refractivity contribution is 5.71. The Hall–Kier alpha value is -3.11. The summed E-state index contributed by atoms with van der Waals surface area (Å²) in [6, 6.07) is 2.27. The van der Waals surface area contributed by atoms with Crippen molar-refractivity contribution in [2.24, 2.45) is 5.92 Å². The summed E-state index contributed by atoms with van der Waals surface area (Å²) in [5, 5.41) is 23.8. The second kappa shape index (κ2) is 9.55. The van der Waals surface area contributed by atoms with Gasteiger partial charge in [0.2, 0.25) is 11.8 Å². The van der Waals surface area contributed by atoms with E-state index in [2.05, 4.69) is 10.6 Å². The number of aromatic nitrogens is 1. The van der Waals surface area contributed by atoms with Gasteiger partial charge >= 0.3 is 18.2 Å². The zero-order valence-electron chi connectivity index (χ0n) is 15.6. The molecule has 152 valence electrons. The summed E-state index contributed by atoms with van der Waals surface area (Å²) in [5.41, 5.74) is -0.506. The van der Waals surface area contributed by atoms with E-state index < -0.39 is 41.4 Å². The molecule has 1 heterocycles. The zero-order chi connectivity index (χ0) is 20.6. The van der Waals surface area contributed by atoms with Crippen molar-refractivity contribution in [1.82, 2.24) is 15.4 Å². The summed E-state index contributed by atoms with van der Waals surface area (Å²) < 4.78 is 10.5. The van der Waals surface area contributed by atoms with Gasteiger partial charge in [0.15, 0.2) is 0 Å². The first kappa shape index (κ1) is 21.9. The van der Waals surface area contributed by atoms with Crippen LogP contribution in [0.25, 0.3) is 0 Å². The van der Waals surface area contributed by atoms with Gasteiger partial charge in [-0.05, 0) is 20.8 Å². The molecule has 2 amide bonds. The normalized spacial score (nSPS) is 12.0. The molecule has 0 aliphatic carbocycles. The van der Waals surface area contributed by atoms with Crippen LogP contribution in [0.2, 0.25) is 0 Å². The molecular weight excluding hydrogens is 362 g/mol. The van der Waals surface area contributed by atoms with Crippen molar-refractivity contribution in [3.63, 3.8) is 0 Å². The quantitative estimate of drug-likeness (QED) is 0.535. The average Bonchev–Trinajstić information content (AvgIpc) is 2.87. The summed E-state index contributed by atoms with van der Waals surface area (Å²) in [6.07, 6.45) is -1.72. The van der Waals surface area contributed by atoms with Crippen molar-refractivity contribution in [3.8, 4) is 11.8 Å². The maximum Gasteiger partial charge on any atom is 0.407 e. The van der Waals surface area contributed by atoms with Crippen molar-refractivity contribution < 1.29 is 38.9 Å². The number of carbonyl (C=O) groups excluding carboxylic acids is 3. The molecular formula is C16H25N3O8. The Morgan fingerprint density at radius 2 is 1.59 bits per heavy atom. The predicted molar refractivity (Wildman–Crippen MR) is 92.1 cm³/mol. The van der Waals surface area contributed by atoms with Crippen molar-refractivity contribution in [3.05, 3.63) is 12.1 Å². The number of rotatable bonds is 7. The number of aromatic hydroxyl groups is 2. The second-order valence-corrected chi connectivity index (χ2v) is 6.70. The lowest BCUT2D eigenvalue weighted by Gasteiger charge is -2.21. The first-order valence-corrected chi connectivity index (χ1v) is 8.12. The zero-order valence-corrected chi connectivity index (χ0v) is 15.6. The highest BCUT2D eigenvalue weighted by Gasteiger charge is 2.22. The molecule has 11 heteroatoms. The lowest BCUT2D eigenvalue weighted by atomic mass is 10.1. The fourth-order valence-electron chi connectivity index (χ4n) is 1.84. The molecule has 1 rings (SSSR count). The van der Waals surface area contributed by atoms with Crippen LogP contribution in [0, 0.1) is 5.92 Å². The van der Waals surface area contributed by atoms with E-state index in [0.29, 0.717) is 4.73 Å². The summed E-state index contributed by atoms with van der Waals surface area (Å²) >= 11 is 0. The van der Waals surface area contributed by atoms with Crippen molar-refractivity contribution in [1.29, 1.82) is 0 Å². The highest BCUT2D eigenvalue weighted by atomic mass is 16.7. The Labute approximate surface area is 156 Å². The summed E-state index contributed by atoms with van der Waals surface area (Å²) in [5.74, 6) is -2.50. The Kier molecular flexibility index (Phi) is 7.76. The molecule has 0 spiro atoms. The number of nitrogens with one attached hydrogen (secondary N) is 2. The molecule has 0 fully saturated rings. The Morgan fingerprint density at radius 1 is 1.07 bits per heavy atom. The van der Waals surface area contributed by atoms with Gasteiger partial charge in [0.1, 0.15) is 0 Å². The highest BCUT2D eigenvalue weighted by Crippen LogP contribution is 2.19. The molecule has 0 saturated carbocycles. The smallest absolute Gasteiger partial charge is 0.407 e. The summed E-state index contributed by atoms with van der Waals surface area (Å²) in [4.78, 5) is 39.9. The fourth-order valence-corrected chi connectivity index (χ4v) is 1.84. The van der Waals surface area contributed by atoms with Crippen LogP contribution in [0.4, 0.5) is 9.59 Å². The summed E-state index contributed by atoms with van der Waals surface area (Å²) in [6.45, 7) is 4.87.